The number of fused-ring (bicyclic) bond motifs is 1. The zero-order valence-electron chi connectivity index (χ0n) is 9.56. The highest BCUT2D eigenvalue weighted by Crippen LogP contribution is 2.23. The quantitative estimate of drug-likeness (QED) is 0.867. The van der Waals surface area contributed by atoms with Crippen LogP contribution in [-0.2, 0) is 24.4 Å². The lowest BCUT2D eigenvalue weighted by molar-refractivity contribution is 0.174. The second-order valence-corrected chi connectivity index (χ2v) is 4.04. The topological polar surface area (TPSA) is 60.2 Å². The number of ether oxygens (including phenoxy) is 1. The minimum Gasteiger partial charge on any atom is -0.377 e. The predicted molar refractivity (Wildman–Crippen MR) is 61.0 cm³/mol. The molecule has 17 heavy (non-hydrogen) atoms. The molecule has 1 aliphatic heterocycles. The van der Waals surface area contributed by atoms with Crippen LogP contribution in [0.5, 0.6) is 0 Å². The van der Waals surface area contributed by atoms with Crippen LogP contribution >= 0.6 is 0 Å². The number of hydrogen-bond acceptors (Lipinski definition) is 5. The molecule has 1 aliphatic rings. The molecule has 1 aromatic carbocycles. The number of nitrogens with zero attached hydrogens (tertiary/aromatic N) is 2. The summed E-state index contributed by atoms with van der Waals surface area (Å²) in [7, 11) is 1.61. The van der Waals surface area contributed by atoms with Gasteiger partial charge in [0.15, 0.2) is 5.82 Å². The summed E-state index contributed by atoms with van der Waals surface area (Å²) in [5.41, 5.74) is 3.60. The van der Waals surface area contributed by atoms with E-state index in [1.807, 2.05) is 6.07 Å². The molecular weight excluding hydrogens is 218 g/mol. The summed E-state index contributed by atoms with van der Waals surface area (Å²) in [6.07, 6.45) is 0. The lowest BCUT2D eigenvalue weighted by atomic mass is 10.1. The molecule has 0 aliphatic carbocycles. The predicted octanol–water partition coefficient (Wildman–Crippen LogP) is 1.49. The summed E-state index contributed by atoms with van der Waals surface area (Å²) in [6, 6.07) is 6.21. The molecular formula is C12H13N3O2. The van der Waals surface area contributed by atoms with Crippen LogP contribution in [0.1, 0.15) is 17.0 Å². The SMILES string of the molecule is COCc1noc(-c2ccc3c(c2)CNC3)n1. The van der Waals surface area contributed by atoms with E-state index in [4.69, 9.17) is 9.26 Å². The van der Waals surface area contributed by atoms with Crippen LogP contribution < -0.4 is 5.32 Å². The van der Waals surface area contributed by atoms with Crippen molar-refractivity contribution < 1.29 is 9.26 Å². The highest BCUT2D eigenvalue weighted by atomic mass is 16.5. The van der Waals surface area contributed by atoms with Gasteiger partial charge in [-0.05, 0) is 23.3 Å². The molecule has 0 unspecified atom stereocenters. The zero-order valence-corrected chi connectivity index (χ0v) is 9.56. The number of methoxy groups -OCH3 is 1. The van der Waals surface area contributed by atoms with Crippen LogP contribution in [0, 0.1) is 0 Å². The monoisotopic (exact) mass is 231 g/mol. The lowest BCUT2D eigenvalue weighted by Crippen LogP contribution is -1.99. The molecule has 0 radical (unpaired) electrons. The van der Waals surface area contributed by atoms with Gasteiger partial charge in [0, 0.05) is 25.8 Å². The van der Waals surface area contributed by atoms with E-state index in [1.54, 1.807) is 7.11 Å². The van der Waals surface area contributed by atoms with Crippen LogP contribution in [0.4, 0.5) is 0 Å². The molecule has 5 nitrogen and oxygen atoms in total. The summed E-state index contributed by atoms with van der Waals surface area (Å²) < 4.78 is 10.2. The number of aromatic nitrogens is 2. The first-order valence-corrected chi connectivity index (χ1v) is 5.51. The summed E-state index contributed by atoms with van der Waals surface area (Å²) in [5, 5.41) is 7.15. The standard InChI is InChI=1S/C12H13N3O2/c1-16-7-11-14-12(17-15-11)8-2-3-9-5-13-6-10(9)4-8/h2-4,13H,5-7H2,1H3. The fourth-order valence-electron chi connectivity index (χ4n) is 1.99. The molecule has 3 rings (SSSR count). The molecule has 0 spiro atoms. The first kappa shape index (κ1) is 10.4. The maximum Gasteiger partial charge on any atom is 0.258 e. The molecule has 0 saturated heterocycles. The number of rotatable bonds is 3. The molecule has 88 valence electrons. The van der Waals surface area contributed by atoms with Crippen molar-refractivity contribution in [3.63, 3.8) is 0 Å². The minimum absolute atomic E-state index is 0.371. The summed E-state index contributed by atoms with van der Waals surface area (Å²) in [6.45, 7) is 2.21. The first-order chi connectivity index (χ1) is 8.36. The smallest absolute Gasteiger partial charge is 0.258 e. The van der Waals surface area contributed by atoms with Crippen molar-refractivity contribution in [1.29, 1.82) is 0 Å². The summed E-state index contributed by atoms with van der Waals surface area (Å²) >= 11 is 0. The van der Waals surface area contributed by atoms with Crippen molar-refractivity contribution >= 4 is 0 Å². The van der Waals surface area contributed by atoms with Crippen molar-refractivity contribution in [3.8, 4) is 11.5 Å². The van der Waals surface area contributed by atoms with Crippen molar-refractivity contribution in [2.24, 2.45) is 0 Å². The van der Waals surface area contributed by atoms with E-state index >= 15 is 0 Å². The van der Waals surface area contributed by atoms with Crippen molar-refractivity contribution in [2.45, 2.75) is 19.7 Å². The average molecular weight is 231 g/mol. The van der Waals surface area contributed by atoms with Gasteiger partial charge in [-0.25, -0.2) is 0 Å². The van der Waals surface area contributed by atoms with Gasteiger partial charge < -0.3 is 14.6 Å². The number of benzene rings is 1. The third-order valence-corrected chi connectivity index (χ3v) is 2.83. The van der Waals surface area contributed by atoms with Gasteiger partial charge in [0.05, 0.1) is 0 Å². The Morgan fingerprint density at radius 2 is 2.24 bits per heavy atom. The summed E-state index contributed by atoms with van der Waals surface area (Å²) in [5.74, 6) is 1.12. The Morgan fingerprint density at radius 3 is 3.12 bits per heavy atom. The van der Waals surface area contributed by atoms with E-state index < -0.39 is 0 Å². The third kappa shape index (κ3) is 1.94. The zero-order chi connectivity index (χ0) is 11.7. The molecule has 2 aromatic rings. The Hall–Kier alpha value is -1.72. The molecule has 0 atom stereocenters. The normalized spacial score (nSPS) is 13.9. The van der Waals surface area contributed by atoms with Gasteiger partial charge in [0.1, 0.15) is 6.61 Å². The van der Waals surface area contributed by atoms with Crippen LogP contribution in [-0.4, -0.2) is 17.3 Å². The Balaban J connectivity index is 1.92. The van der Waals surface area contributed by atoms with Gasteiger partial charge in [-0.3, -0.25) is 0 Å². The van der Waals surface area contributed by atoms with Crippen molar-refractivity contribution in [3.05, 3.63) is 35.2 Å². The van der Waals surface area contributed by atoms with Gasteiger partial charge in [0.25, 0.3) is 5.89 Å². The van der Waals surface area contributed by atoms with Gasteiger partial charge >= 0.3 is 0 Å². The first-order valence-electron chi connectivity index (χ1n) is 5.51. The van der Waals surface area contributed by atoms with Crippen LogP contribution in [0.25, 0.3) is 11.5 Å². The van der Waals surface area contributed by atoms with E-state index in [2.05, 4.69) is 27.6 Å². The Morgan fingerprint density at radius 1 is 1.35 bits per heavy atom. The highest BCUT2D eigenvalue weighted by molar-refractivity contribution is 5.56. The average Bonchev–Trinajstić information content (AvgIpc) is 2.96. The molecule has 5 heteroatoms. The van der Waals surface area contributed by atoms with Gasteiger partial charge in [-0.2, -0.15) is 4.98 Å². The van der Waals surface area contributed by atoms with Gasteiger partial charge in [-0.15, -0.1) is 0 Å². The minimum atomic E-state index is 0.371. The highest BCUT2D eigenvalue weighted by Gasteiger charge is 2.14. The second kappa shape index (κ2) is 4.27. The fraction of sp³-hybridized carbons (Fsp3) is 0.333. The molecule has 2 heterocycles. The Bertz CT molecular complexity index is 536. The van der Waals surface area contributed by atoms with Gasteiger partial charge in [-0.1, -0.05) is 11.2 Å². The number of hydrogen-bond donors (Lipinski definition) is 1. The lowest BCUT2D eigenvalue weighted by Gasteiger charge is -1.99. The maximum absolute atomic E-state index is 5.20. The third-order valence-electron chi connectivity index (χ3n) is 2.83. The molecule has 0 amide bonds. The molecule has 0 saturated carbocycles. The van der Waals surface area contributed by atoms with Crippen LogP contribution in [0.3, 0.4) is 0 Å². The Labute approximate surface area is 98.8 Å². The van der Waals surface area contributed by atoms with Crippen molar-refractivity contribution in [1.82, 2.24) is 15.5 Å². The molecule has 1 N–H and O–H groups in total. The maximum atomic E-state index is 5.20. The number of nitrogens with one attached hydrogen (secondary N) is 1. The van der Waals surface area contributed by atoms with E-state index in [9.17, 15) is 0 Å². The van der Waals surface area contributed by atoms with Gasteiger partial charge in [0.2, 0.25) is 0 Å². The van der Waals surface area contributed by atoms with Crippen molar-refractivity contribution in [2.75, 3.05) is 7.11 Å². The van der Waals surface area contributed by atoms with Crippen LogP contribution in [0.2, 0.25) is 0 Å². The van der Waals surface area contributed by atoms with E-state index in [0.717, 1.165) is 18.7 Å². The van der Waals surface area contributed by atoms with Crippen LogP contribution in [0.15, 0.2) is 22.7 Å². The summed E-state index contributed by atoms with van der Waals surface area (Å²) in [4.78, 5) is 4.27. The second-order valence-electron chi connectivity index (χ2n) is 4.04. The van der Waals surface area contributed by atoms with E-state index in [1.165, 1.54) is 11.1 Å². The Kier molecular flexibility index (Phi) is 2.62. The molecule has 0 fully saturated rings. The van der Waals surface area contributed by atoms with E-state index in [0.29, 0.717) is 18.3 Å². The molecule has 0 bridgehead atoms. The largest absolute Gasteiger partial charge is 0.377 e. The van der Waals surface area contributed by atoms with E-state index in [-0.39, 0.29) is 0 Å². The fourth-order valence-corrected chi connectivity index (χ4v) is 1.99. The molecule has 1 aromatic heterocycles.